The summed E-state index contributed by atoms with van der Waals surface area (Å²) in [4.78, 5) is 16.4. The number of hydrogen-bond acceptors (Lipinski definition) is 7. The van der Waals surface area contributed by atoms with Gasteiger partial charge in [-0.15, -0.1) is 5.10 Å². The minimum Gasteiger partial charge on any atom is -0.480 e. The van der Waals surface area contributed by atoms with Crippen molar-refractivity contribution < 1.29 is 22.7 Å². The first kappa shape index (κ1) is 21.7. The average Bonchev–Trinajstić information content (AvgIpc) is 3.61. The van der Waals surface area contributed by atoms with Crippen LogP contribution in [-0.2, 0) is 10.0 Å². The molecule has 1 aromatic carbocycles. The molecule has 0 spiro atoms. The van der Waals surface area contributed by atoms with Gasteiger partial charge in [-0.3, -0.25) is 10.0 Å². The van der Waals surface area contributed by atoms with Gasteiger partial charge in [-0.25, -0.2) is 22.7 Å². The highest BCUT2D eigenvalue weighted by Crippen LogP contribution is 2.34. The van der Waals surface area contributed by atoms with E-state index in [0.29, 0.717) is 35.5 Å². The first-order chi connectivity index (χ1) is 16.4. The molecular formula is C23H21N5O5S. The number of nitrogens with zero attached hydrogens (tertiary/aromatic N) is 3. The Morgan fingerprint density at radius 3 is 2.62 bits per heavy atom. The smallest absolute Gasteiger partial charge is 0.418 e. The number of sulfonamides is 1. The van der Waals surface area contributed by atoms with Crippen LogP contribution >= 0.6 is 0 Å². The van der Waals surface area contributed by atoms with Gasteiger partial charge in [0.1, 0.15) is 11.4 Å². The number of carbonyl (C=O) groups is 1. The van der Waals surface area contributed by atoms with Crippen molar-refractivity contribution in [2.45, 2.75) is 18.1 Å². The third kappa shape index (κ3) is 4.64. The van der Waals surface area contributed by atoms with Crippen LogP contribution in [-0.4, -0.2) is 41.5 Å². The van der Waals surface area contributed by atoms with Crippen molar-refractivity contribution in [2.24, 2.45) is 0 Å². The number of ether oxygens (including phenoxy) is 2. The molecule has 0 saturated heterocycles. The highest BCUT2D eigenvalue weighted by atomic mass is 32.2. The predicted molar refractivity (Wildman–Crippen MR) is 127 cm³/mol. The summed E-state index contributed by atoms with van der Waals surface area (Å²) in [5.41, 5.74) is 2.47. The number of fused-ring (bicyclic) bond motifs is 1. The van der Waals surface area contributed by atoms with Crippen LogP contribution in [0.2, 0.25) is 0 Å². The molecule has 1 aliphatic carbocycles. The van der Waals surface area contributed by atoms with E-state index in [1.807, 2.05) is 18.2 Å². The molecule has 10 nitrogen and oxygen atoms in total. The Bertz CT molecular complexity index is 1470. The van der Waals surface area contributed by atoms with E-state index in [2.05, 4.69) is 20.1 Å². The van der Waals surface area contributed by atoms with E-state index in [-0.39, 0.29) is 16.8 Å². The lowest BCUT2D eigenvalue weighted by Crippen LogP contribution is -2.18. The molecule has 1 saturated carbocycles. The molecule has 1 aliphatic rings. The number of methoxy groups -OCH3 is 1. The van der Waals surface area contributed by atoms with Gasteiger partial charge in [0.15, 0.2) is 5.82 Å². The number of benzene rings is 1. The van der Waals surface area contributed by atoms with Gasteiger partial charge in [-0.05, 0) is 48.7 Å². The zero-order valence-electron chi connectivity index (χ0n) is 18.1. The van der Waals surface area contributed by atoms with Gasteiger partial charge in [0.25, 0.3) is 0 Å². The second kappa shape index (κ2) is 8.67. The van der Waals surface area contributed by atoms with E-state index in [1.165, 1.54) is 7.11 Å². The Morgan fingerprint density at radius 2 is 1.88 bits per heavy atom. The topological polar surface area (TPSA) is 124 Å². The van der Waals surface area contributed by atoms with Gasteiger partial charge >= 0.3 is 6.09 Å². The third-order valence-corrected chi connectivity index (χ3v) is 7.09. The molecule has 34 heavy (non-hydrogen) atoms. The van der Waals surface area contributed by atoms with E-state index < -0.39 is 16.1 Å². The number of aromatic nitrogens is 3. The summed E-state index contributed by atoms with van der Waals surface area (Å²) >= 11 is 0. The molecular weight excluding hydrogens is 458 g/mol. The minimum absolute atomic E-state index is 0.196. The zero-order chi connectivity index (χ0) is 23.7. The van der Waals surface area contributed by atoms with E-state index in [0.717, 1.165) is 5.56 Å². The minimum atomic E-state index is -3.47. The van der Waals surface area contributed by atoms with Crippen molar-refractivity contribution in [3.63, 3.8) is 0 Å². The number of amides is 1. The lowest BCUT2D eigenvalue weighted by Gasteiger charge is -2.12. The molecule has 1 fully saturated rings. The normalized spacial score (nSPS) is 13.4. The maximum Gasteiger partial charge on any atom is 0.418 e. The van der Waals surface area contributed by atoms with Gasteiger partial charge in [0.2, 0.25) is 15.9 Å². The van der Waals surface area contributed by atoms with Crippen molar-refractivity contribution >= 4 is 33.1 Å². The summed E-state index contributed by atoms with van der Waals surface area (Å²) in [6.45, 7) is 0. The van der Waals surface area contributed by atoms with E-state index in [4.69, 9.17) is 9.47 Å². The van der Waals surface area contributed by atoms with Gasteiger partial charge in [0, 0.05) is 24.0 Å². The van der Waals surface area contributed by atoms with Crippen LogP contribution in [0.5, 0.6) is 11.6 Å². The van der Waals surface area contributed by atoms with Gasteiger partial charge in [-0.2, -0.15) is 0 Å². The van der Waals surface area contributed by atoms with E-state index in [1.54, 1.807) is 53.3 Å². The summed E-state index contributed by atoms with van der Waals surface area (Å²) < 4.78 is 39.5. The van der Waals surface area contributed by atoms with Gasteiger partial charge in [0.05, 0.1) is 17.9 Å². The molecule has 0 unspecified atom stereocenters. The van der Waals surface area contributed by atoms with Crippen molar-refractivity contribution in [3.05, 3.63) is 67.0 Å². The number of carbonyl (C=O) groups excluding carboxylic acids is 1. The molecule has 2 N–H and O–H groups in total. The summed E-state index contributed by atoms with van der Waals surface area (Å²) in [7, 11) is -2.04. The third-order valence-electron chi connectivity index (χ3n) is 5.24. The van der Waals surface area contributed by atoms with E-state index in [9.17, 15) is 13.2 Å². The number of hydrogen-bond donors (Lipinski definition) is 2. The maximum absolute atomic E-state index is 12.4. The quantitative estimate of drug-likeness (QED) is 0.412. The van der Waals surface area contributed by atoms with Crippen molar-refractivity contribution in [2.75, 3.05) is 17.1 Å². The van der Waals surface area contributed by atoms with Crippen LogP contribution < -0.4 is 19.5 Å². The Morgan fingerprint density at radius 1 is 1.09 bits per heavy atom. The molecule has 0 aliphatic heterocycles. The van der Waals surface area contributed by atoms with Crippen LogP contribution in [0.15, 0.2) is 67.0 Å². The summed E-state index contributed by atoms with van der Waals surface area (Å²) in [6, 6.07) is 15.8. The maximum atomic E-state index is 12.4. The largest absolute Gasteiger partial charge is 0.480 e. The SMILES string of the molecule is COc1ncc(-c2ccn3nc(NC(=O)Oc4ccccc4)cc3c2)cc1NS(=O)(=O)C1CC1. The van der Waals surface area contributed by atoms with Crippen LogP contribution in [0, 0.1) is 0 Å². The van der Waals surface area contributed by atoms with Crippen LogP contribution in [0.3, 0.4) is 0 Å². The molecule has 0 bridgehead atoms. The predicted octanol–water partition coefficient (Wildman–Crippen LogP) is 3.92. The highest BCUT2D eigenvalue weighted by molar-refractivity contribution is 7.93. The van der Waals surface area contributed by atoms with Crippen molar-refractivity contribution in [1.82, 2.24) is 14.6 Å². The number of pyridine rings is 2. The second-order valence-corrected chi connectivity index (χ2v) is 9.73. The van der Waals surface area contributed by atoms with Gasteiger partial charge < -0.3 is 9.47 Å². The van der Waals surface area contributed by atoms with Crippen LogP contribution in [0.4, 0.5) is 16.3 Å². The molecule has 0 atom stereocenters. The lowest BCUT2D eigenvalue weighted by atomic mass is 10.1. The fraction of sp³-hybridized carbons (Fsp3) is 0.174. The fourth-order valence-corrected chi connectivity index (χ4v) is 4.80. The van der Waals surface area contributed by atoms with Gasteiger partial charge in [-0.1, -0.05) is 18.2 Å². The zero-order valence-corrected chi connectivity index (χ0v) is 19.0. The summed E-state index contributed by atoms with van der Waals surface area (Å²) in [5, 5.41) is 6.56. The molecule has 3 aromatic heterocycles. The number of para-hydroxylation sites is 1. The molecule has 5 rings (SSSR count). The first-order valence-corrected chi connectivity index (χ1v) is 12.1. The number of nitrogens with one attached hydrogen (secondary N) is 2. The number of rotatable bonds is 7. The van der Waals surface area contributed by atoms with Crippen LogP contribution in [0.1, 0.15) is 12.8 Å². The summed E-state index contributed by atoms with van der Waals surface area (Å²) in [6.07, 6.45) is 3.99. The van der Waals surface area contributed by atoms with E-state index >= 15 is 0 Å². The molecule has 4 aromatic rings. The monoisotopic (exact) mass is 479 g/mol. The number of anilines is 2. The summed E-state index contributed by atoms with van der Waals surface area (Å²) in [5.74, 6) is 0.941. The molecule has 3 heterocycles. The first-order valence-electron chi connectivity index (χ1n) is 10.5. The molecule has 174 valence electrons. The molecule has 0 radical (unpaired) electrons. The van der Waals surface area contributed by atoms with Crippen molar-refractivity contribution in [1.29, 1.82) is 0 Å². The lowest BCUT2D eigenvalue weighted by molar-refractivity contribution is 0.215. The van der Waals surface area contributed by atoms with Crippen LogP contribution in [0.25, 0.3) is 16.6 Å². The van der Waals surface area contributed by atoms with Crippen molar-refractivity contribution in [3.8, 4) is 22.8 Å². The fourth-order valence-electron chi connectivity index (χ4n) is 3.42. The Hall–Kier alpha value is -4.12. The Labute approximate surface area is 195 Å². The Balaban J connectivity index is 1.38. The highest BCUT2D eigenvalue weighted by Gasteiger charge is 2.36. The molecule has 1 amide bonds. The molecule has 11 heteroatoms. The Kier molecular flexibility index (Phi) is 5.54. The second-order valence-electron chi connectivity index (χ2n) is 7.77. The average molecular weight is 480 g/mol. The standard InChI is InChI=1S/C23H21N5O5S/c1-32-22-20(27-34(30,31)19-7-8-19)12-16(14-24-22)15-9-10-28-17(11-15)13-21(26-28)25-23(29)33-18-5-3-2-4-6-18/h2-6,9-14,19,27H,7-8H2,1H3,(H,25,26,29).